The van der Waals surface area contributed by atoms with Crippen molar-refractivity contribution in [1.82, 2.24) is 5.32 Å². The van der Waals surface area contributed by atoms with Crippen LogP contribution >= 0.6 is 0 Å². The third kappa shape index (κ3) is 4.38. The van der Waals surface area contributed by atoms with Crippen molar-refractivity contribution in [2.75, 3.05) is 0 Å². The molecule has 0 heterocycles. The molecule has 2 amide bonds. The molecular formula is C14H18N2O4. The Kier molecular flexibility index (Phi) is 5.25. The predicted octanol–water partition coefficient (Wildman–Crippen LogP) is 0.852. The molecule has 1 aromatic carbocycles. The average Bonchev–Trinajstić information content (AvgIpc) is 2.34. The number of primary amides is 1. The minimum atomic E-state index is -0.750. The number of nitrogens with two attached hydrogens (primary N) is 1. The van der Waals surface area contributed by atoms with E-state index in [1.807, 2.05) is 0 Å². The summed E-state index contributed by atoms with van der Waals surface area (Å²) in [6.45, 7) is 4.84. The van der Waals surface area contributed by atoms with Gasteiger partial charge in [-0.25, -0.2) is 0 Å². The molecule has 1 atom stereocenters. The predicted molar refractivity (Wildman–Crippen MR) is 73.0 cm³/mol. The quantitative estimate of drug-likeness (QED) is 0.616. The monoisotopic (exact) mass is 278 g/mol. The molecule has 0 aromatic heterocycles. The summed E-state index contributed by atoms with van der Waals surface area (Å²) in [5.74, 6) is -1.36. The minimum Gasteiger partial charge on any atom is -0.427 e. The minimum absolute atomic E-state index is 0.117. The van der Waals surface area contributed by atoms with E-state index in [2.05, 4.69) is 5.32 Å². The molecule has 6 heteroatoms. The fourth-order valence-corrected chi connectivity index (χ4v) is 1.66. The molecule has 0 aliphatic rings. The van der Waals surface area contributed by atoms with Crippen LogP contribution in [0.4, 0.5) is 0 Å². The van der Waals surface area contributed by atoms with Gasteiger partial charge in [-0.05, 0) is 24.1 Å². The van der Waals surface area contributed by atoms with Crippen molar-refractivity contribution in [2.24, 2.45) is 11.7 Å². The first-order chi connectivity index (χ1) is 9.31. The molecular weight excluding hydrogens is 260 g/mol. The van der Waals surface area contributed by atoms with Crippen molar-refractivity contribution in [3.63, 3.8) is 0 Å². The van der Waals surface area contributed by atoms with Crippen molar-refractivity contribution in [1.29, 1.82) is 0 Å². The zero-order chi connectivity index (χ0) is 15.3. The van der Waals surface area contributed by atoms with Gasteiger partial charge in [0.1, 0.15) is 11.8 Å². The summed E-state index contributed by atoms with van der Waals surface area (Å²) in [5, 5.41) is 2.56. The van der Waals surface area contributed by atoms with Crippen LogP contribution in [0.2, 0.25) is 0 Å². The molecule has 0 saturated heterocycles. The number of carbonyl (C=O) groups is 3. The Morgan fingerprint density at radius 1 is 1.25 bits per heavy atom. The van der Waals surface area contributed by atoms with Crippen molar-refractivity contribution in [2.45, 2.75) is 26.8 Å². The first-order valence-corrected chi connectivity index (χ1v) is 6.20. The summed E-state index contributed by atoms with van der Waals surface area (Å²) in [6.07, 6.45) is 0. The molecule has 0 bridgehead atoms. The SMILES string of the molecule is CC(=O)Oc1cccc(C(=O)N[C@@H](C(N)=O)C(C)C)c1. The zero-order valence-corrected chi connectivity index (χ0v) is 11.7. The summed E-state index contributed by atoms with van der Waals surface area (Å²) in [4.78, 5) is 34.2. The molecule has 0 fully saturated rings. The van der Waals surface area contributed by atoms with E-state index >= 15 is 0 Å². The highest BCUT2D eigenvalue weighted by Gasteiger charge is 2.22. The molecule has 0 radical (unpaired) electrons. The number of carbonyl (C=O) groups excluding carboxylic acids is 3. The third-order valence-corrected chi connectivity index (χ3v) is 2.62. The van der Waals surface area contributed by atoms with E-state index in [0.29, 0.717) is 0 Å². The number of esters is 1. The largest absolute Gasteiger partial charge is 0.427 e. The molecule has 3 N–H and O–H groups in total. The number of rotatable bonds is 5. The second-order valence-electron chi connectivity index (χ2n) is 4.72. The first kappa shape index (κ1) is 15.7. The van der Waals surface area contributed by atoms with Crippen LogP contribution in [0, 0.1) is 5.92 Å². The number of amides is 2. The number of benzene rings is 1. The Hall–Kier alpha value is -2.37. The van der Waals surface area contributed by atoms with Gasteiger partial charge in [-0.3, -0.25) is 14.4 Å². The van der Waals surface area contributed by atoms with E-state index < -0.39 is 23.8 Å². The summed E-state index contributed by atoms with van der Waals surface area (Å²) >= 11 is 0. The van der Waals surface area contributed by atoms with Crippen LogP contribution in [0.25, 0.3) is 0 Å². The van der Waals surface area contributed by atoms with Crippen LogP contribution in [0.5, 0.6) is 5.75 Å². The summed E-state index contributed by atoms with van der Waals surface area (Å²) in [6, 6.07) is 5.38. The summed E-state index contributed by atoms with van der Waals surface area (Å²) < 4.78 is 4.89. The van der Waals surface area contributed by atoms with E-state index in [4.69, 9.17) is 10.5 Å². The Labute approximate surface area is 117 Å². The van der Waals surface area contributed by atoms with Gasteiger partial charge in [-0.1, -0.05) is 19.9 Å². The van der Waals surface area contributed by atoms with Crippen LogP contribution in [-0.4, -0.2) is 23.8 Å². The van der Waals surface area contributed by atoms with Crippen LogP contribution < -0.4 is 15.8 Å². The van der Waals surface area contributed by atoms with Gasteiger partial charge < -0.3 is 15.8 Å². The van der Waals surface area contributed by atoms with Crippen molar-refractivity contribution < 1.29 is 19.1 Å². The second kappa shape index (κ2) is 6.70. The Bertz CT molecular complexity index is 526. The van der Waals surface area contributed by atoms with Gasteiger partial charge in [-0.2, -0.15) is 0 Å². The highest BCUT2D eigenvalue weighted by molar-refractivity contribution is 5.97. The Morgan fingerprint density at radius 2 is 1.90 bits per heavy atom. The van der Waals surface area contributed by atoms with Gasteiger partial charge in [0.15, 0.2) is 0 Å². The molecule has 0 saturated carbocycles. The van der Waals surface area contributed by atoms with Crippen molar-refractivity contribution >= 4 is 17.8 Å². The lowest BCUT2D eigenvalue weighted by Crippen LogP contribution is -2.47. The van der Waals surface area contributed by atoms with E-state index in [9.17, 15) is 14.4 Å². The third-order valence-electron chi connectivity index (χ3n) is 2.62. The number of nitrogens with one attached hydrogen (secondary N) is 1. The van der Waals surface area contributed by atoms with E-state index in [1.54, 1.807) is 32.0 Å². The molecule has 1 rings (SSSR count). The lowest BCUT2D eigenvalue weighted by atomic mass is 10.0. The van der Waals surface area contributed by atoms with Crippen LogP contribution in [0.1, 0.15) is 31.1 Å². The summed E-state index contributed by atoms with van der Waals surface area (Å²) in [5.41, 5.74) is 5.52. The average molecular weight is 278 g/mol. The smallest absolute Gasteiger partial charge is 0.308 e. The molecule has 6 nitrogen and oxygen atoms in total. The lowest BCUT2D eigenvalue weighted by Gasteiger charge is -2.19. The normalized spacial score (nSPS) is 11.8. The standard InChI is InChI=1S/C14H18N2O4/c1-8(2)12(13(15)18)16-14(19)10-5-4-6-11(7-10)20-9(3)17/h4-8,12H,1-3H3,(H2,15,18)(H,16,19)/t12-/m1/s1. The first-order valence-electron chi connectivity index (χ1n) is 6.20. The van der Waals surface area contributed by atoms with E-state index in [1.165, 1.54) is 13.0 Å². The maximum absolute atomic E-state index is 12.0. The second-order valence-corrected chi connectivity index (χ2v) is 4.72. The molecule has 1 aromatic rings. The fraction of sp³-hybridized carbons (Fsp3) is 0.357. The lowest BCUT2D eigenvalue weighted by molar-refractivity contribution is -0.131. The number of hydrogen-bond acceptors (Lipinski definition) is 4. The van der Waals surface area contributed by atoms with Crippen LogP contribution in [0.3, 0.4) is 0 Å². The highest BCUT2D eigenvalue weighted by Crippen LogP contribution is 2.14. The molecule has 0 aliphatic heterocycles. The molecule has 0 unspecified atom stereocenters. The molecule has 108 valence electrons. The highest BCUT2D eigenvalue weighted by atomic mass is 16.5. The Morgan fingerprint density at radius 3 is 2.40 bits per heavy atom. The fourth-order valence-electron chi connectivity index (χ4n) is 1.66. The summed E-state index contributed by atoms with van der Waals surface area (Å²) in [7, 11) is 0. The van der Waals surface area contributed by atoms with Crippen molar-refractivity contribution in [3.05, 3.63) is 29.8 Å². The van der Waals surface area contributed by atoms with Gasteiger partial charge in [0.05, 0.1) is 0 Å². The molecule has 0 spiro atoms. The molecule has 20 heavy (non-hydrogen) atoms. The maximum Gasteiger partial charge on any atom is 0.308 e. The topological polar surface area (TPSA) is 98.5 Å². The van der Waals surface area contributed by atoms with Gasteiger partial charge in [0, 0.05) is 12.5 Å². The van der Waals surface area contributed by atoms with Gasteiger partial charge >= 0.3 is 5.97 Å². The van der Waals surface area contributed by atoms with E-state index in [-0.39, 0.29) is 17.2 Å². The van der Waals surface area contributed by atoms with Crippen molar-refractivity contribution in [3.8, 4) is 5.75 Å². The zero-order valence-electron chi connectivity index (χ0n) is 11.7. The van der Waals surface area contributed by atoms with E-state index in [0.717, 1.165) is 0 Å². The number of hydrogen-bond donors (Lipinski definition) is 2. The van der Waals surface area contributed by atoms with Gasteiger partial charge in [0.2, 0.25) is 5.91 Å². The Balaban J connectivity index is 2.86. The maximum atomic E-state index is 12.0. The van der Waals surface area contributed by atoms with Crippen LogP contribution in [-0.2, 0) is 9.59 Å². The van der Waals surface area contributed by atoms with Gasteiger partial charge in [-0.15, -0.1) is 0 Å². The number of ether oxygens (including phenoxy) is 1. The molecule has 0 aliphatic carbocycles. The van der Waals surface area contributed by atoms with Gasteiger partial charge in [0.25, 0.3) is 5.91 Å². The van der Waals surface area contributed by atoms with Crippen LogP contribution in [0.15, 0.2) is 24.3 Å².